The van der Waals surface area contributed by atoms with E-state index in [0.29, 0.717) is 5.56 Å². The van der Waals surface area contributed by atoms with Crippen molar-refractivity contribution in [2.24, 2.45) is 0 Å². The van der Waals surface area contributed by atoms with Crippen molar-refractivity contribution in [2.75, 3.05) is 18.0 Å². The quantitative estimate of drug-likeness (QED) is 0.826. The van der Waals surface area contributed by atoms with Gasteiger partial charge in [-0.2, -0.15) is 13.2 Å². The maximum atomic E-state index is 13.3. The van der Waals surface area contributed by atoms with Crippen LogP contribution < -0.4 is 15.0 Å². The number of carbonyl (C=O) groups is 2. The second-order valence-electron chi connectivity index (χ2n) is 6.76. The third kappa shape index (κ3) is 4.06. The molecule has 0 saturated heterocycles. The van der Waals surface area contributed by atoms with Crippen molar-refractivity contribution in [1.82, 2.24) is 5.32 Å². The molecule has 3 rings (SSSR count). The van der Waals surface area contributed by atoms with Gasteiger partial charge in [0.1, 0.15) is 5.75 Å². The molecule has 8 heteroatoms. The van der Waals surface area contributed by atoms with Crippen molar-refractivity contribution in [2.45, 2.75) is 32.0 Å². The van der Waals surface area contributed by atoms with E-state index in [0.717, 1.165) is 12.1 Å². The van der Waals surface area contributed by atoms with E-state index in [9.17, 15) is 22.8 Å². The zero-order valence-corrected chi connectivity index (χ0v) is 16.0. The van der Waals surface area contributed by atoms with E-state index in [2.05, 4.69) is 11.4 Å². The molecule has 5 nitrogen and oxygen atoms in total. The summed E-state index contributed by atoms with van der Waals surface area (Å²) in [6.07, 6.45) is -4.30. The average molecular weight is 405 g/mol. The number of benzene rings is 2. The third-order valence-electron chi connectivity index (χ3n) is 4.76. The maximum absolute atomic E-state index is 13.3. The first-order chi connectivity index (χ1) is 13.7. The standard InChI is InChI=1S/C21H20F3N2O3/c1-3-18(27)25-11-12-26-16-10-9-15(21(22,23)24)13-17(16)29-20(2,19(26)28)14-7-5-4-6-8-14/h4-8,10,13H,3,11-12H2,1-2H3,(H,25,27). The van der Waals surface area contributed by atoms with Crippen molar-refractivity contribution in [3.05, 3.63) is 59.7 Å². The molecule has 1 radical (unpaired) electrons. The predicted octanol–water partition coefficient (Wildman–Crippen LogP) is 3.67. The Bertz CT molecular complexity index is 915. The molecule has 0 fully saturated rings. The summed E-state index contributed by atoms with van der Waals surface area (Å²) in [7, 11) is 0. The molecule has 1 aliphatic rings. The first-order valence-corrected chi connectivity index (χ1v) is 9.13. The lowest BCUT2D eigenvalue weighted by molar-refractivity contribution is -0.138. The summed E-state index contributed by atoms with van der Waals surface area (Å²) in [5, 5.41) is 2.67. The number of halogens is 3. The van der Waals surface area contributed by atoms with Crippen LogP contribution in [-0.2, 0) is 21.4 Å². The van der Waals surface area contributed by atoms with Crippen LogP contribution in [0.3, 0.4) is 0 Å². The number of fused-ring (bicyclic) bond motifs is 1. The van der Waals surface area contributed by atoms with E-state index in [1.165, 1.54) is 11.8 Å². The fourth-order valence-electron chi connectivity index (χ4n) is 3.14. The Morgan fingerprint density at radius 2 is 1.97 bits per heavy atom. The van der Waals surface area contributed by atoms with Gasteiger partial charge in [0.25, 0.3) is 5.91 Å². The number of ether oxygens (including phenoxy) is 1. The molecule has 2 amide bonds. The zero-order valence-electron chi connectivity index (χ0n) is 16.0. The molecule has 1 aliphatic heterocycles. The molecule has 0 saturated carbocycles. The normalized spacial score (nSPS) is 18.8. The minimum atomic E-state index is -4.59. The van der Waals surface area contributed by atoms with Crippen LogP contribution in [0.1, 0.15) is 31.4 Å². The summed E-state index contributed by atoms with van der Waals surface area (Å²) in [6.45, 7) is 3.46. The van der Waals surface area contributed by atoms with E-state index in [1.54, 1.807) is 37.3 Å². The minimum absolute atomic E-state index is 0.0659. The predicted molar refractivity (Wildman–Crippen MR) is 100 cm³/mol. The molecule has 29 heavy (non-hydrogen) atoms. The maximum Gasteiger partial charge on any atom is 0.417 e. The Kier molecular flexibility index (Phi) is 5.55. The van der Waals surface area contributed by atoms with Crippen LogP contribution in [0.4, 0.5) is 18.9 Å². The van der Waals surface area contributed by atoms with Crippen LogP contribution in [0.25, 0.3) is 0 Å². The van der Waals surface area contributed by atoms with Crippen molar-refractivity contribution < 1.29 is 27.5 Å². The summed E-state index contributed by atoms with van der Waals surface area (Å²) < 4.78 is 45.3. The van der Waals surface area contributed by atoms with Gasteiger partial charge in [0.05, 0.1) is 11.3 Å². The van der Waals surface area contributed by atoms with Crippen LogP contribution >= 0.6 is 0 Å². The summed E-state index contributed by atoms with van der Waals surface area (Å²) in [5.41, 5.74) is -1.80. The monoisotopic (exact) mass is 405 g/mol. The minimum Gasteiger partial charge on any atom is -0.471 e. The van der Waals surface area contributed by atoms with Crippen molar-refractivity contribution in [3.63, 3.8) is 0 Å². The molecule has 0 spiro atoms. The molecule has 1 unspecified atom stereocenters. The van der Waals surface area contributed by atoms with Gasteiger partial charge in [-0.3, -0.25) is 9.59 Å². The lowest BCUT2D eigenvalue weighted by Gasteiger charge is -2.41. The Morgan fingerprint density at radius 1 is 1.28 bits per heavy atom. The molecule has 2 aromatic rings. The number of hydrogen-bond donors (Lipinski definition) is 1. The Hall–Kier alpha value is -3.03. The van der Waals surface area contributed by atoms with E-state index in [1.807, 2.05) is 0 Å². The van der Waals surface area contributed by atoms with Crippen molar-refractivity contribution in [3.8, 4) is 5.75 Å². The van der Waals surface area contributed by atoms with E-state index < -0.39 is 23.2 Å². The van der Waals surface area contributed by atoms with Gasteiger partial charge >= 0.3 is 6.18 Å². The molecule has 1 atom stereocenters. The van der Waals surface area contributed by atoms with E-state index >= 15 is 0 Å². The molecule has 0 aromatic heterocycles. The fraction of sp³-hybridized carbons (Fsp3) is 0.333. The van der Waals surface area contributed by atoms with Crippen LogP contribution in [0.5, 0.6) is 5.75 Å². The number of nitrogens with one attached hydrogen (secondary N) is 1. The van der Waals surface area contributed by atoms with Crippen LogP contribution in [0.15, 0.2) is 42.5 Å². The molecule has 1 heterocycles. The first-order valence-electron chi connectivity index (χ1n) is 9.13. The number of nitrogens with zero attached hydrogens (tertiary/aromatic N) is 1. The Balaban J connectivity index is 2.02. The van der Waals surface area contributed by atoms with Gasteiger partial charge in [-0.1, -0.05) is 37.3 Å². The first kappa shape index (κ1) is 20.7. The highest BCUT2D eigenvalue weighted by Crippen LogP contribution is 2.44. The summed E-state index contributed by atoms with van der Waals surface area (Å²) in [4.78, 5) is 26.1. The van der Waals surface area contributed by atoms with Gasteiger partial charge < -0.3 is 15.0 Å². The van der Waals surface area contributed by atoms with Crippen molar-refractivity contribution in [1.29, 1.82) is 0 Å². The molecule has 2 aromatic carbocycles. The smallest absolute Gasteiger partial charge is 0.417 e. The number of alkyl halides is 3. The van der Waals surface area contributed by atoms with Crippen LogP contribution in [-0.4, -0.2) is 24.9 Å². The van der Waals surface area contributed by atoms with Gasteiger partial charge in [0.15, 0.2) is 0 Å². The lowest BCUT2D eigenvalue weighted by Crippen LogP contribution is -2.54. The third-order valence-corrected chi connectivity index (χ3v) is 4.76. The van der Waals surface area contributed by atoms with Gasteiger partial charge in [0, 0.05) is 25.1 Å². The number of rotatable bonds is 5. The number of amides is 2. The van der Waals surface area contributed by atoms with Gasteiger partial charge in [0.2, 0.25) is 11.5 Å². The fourth-order valence-corrected chi connectivity index (χ4v) is 3.14. The van der Waals surface area contributed by atoms with Crippen molar-refractivity contribution >= 4 is 17.5 Å². The van der Waals surface area contributed by atoms with Crippen LogP contribution in [0.2, 0.25) is 0 Å². The highest BCUT2D eigenvalue weighted by molar-refractivity contribution is 6.03. The summed E-state index contributed by atoms with van der Waals surface area (Å²) in [5.74, 6) is -0.685. The van der Waals surface area contributed by atoms with Crippen LogP contribution in [0, 0.1) is 6.07 Å². The molecule has 0 aliphatic carbocycles. The second kappa shape index (κ2) is 7.77. The molecule has 153 valence electrons. The highest BCUT2D eigenvalue weighted by Gasteiger charge is 2.46. The summed E-state index contributed by atoms with van der Waals surface area (Å²) >= 11 is 0. The number of carbonyl (C=O) groups excluding carboxylic acids is 2. The zero-order chi connectivity index (χ0) is 21.2. The summed E-state index contributed by atoms with van der Waals surface area (Å²) in [6, 6.07) is 12.7. The van der Waals surface area contributed by atoms with E-state index in [-0.39, 0.29) is 36.9 Å². The number of hydrogen-bond acceptors (Lipinski definition) is 3. The SMILES string of the molecule is CCC(=O)NCCN1C(=O)C(C)(c2ccccc2)Oc2cc(C(F)(F)F)[c]cc21. The highest BCUT2D eigenvalue weighted by atomic mass is 19.4. The van der Waals surface area contributed by atoms with E-state index in [4.69, 9.17) is 4.74 Å². The molecule has 1 N–H and O–H groups in total. The topological polar surface area (TPSA) is 58.6 Å². The lowest BCUT2D eigenvalue weighted by atomic mass is 9.91. The van der Waals surface area contributed by atoms with Gasteiger partial charge in [-0.05, 0) is 25.1 Å². The Labute approximate surface area is 166 Å². The average Bonchev–Trinajstić information content (AvgIpc) is 2.70. The molecule has 0 bridgehead atoms. The largest absolute Gasteiger partial charge is 0.471 e. The Morgan fingerprint density at radius 3 is 2.59 bits per heavy atom. The second-order valence-corrected chi connectivity index (χ2v) is 6.76. The van der Waals surface area contributed by atoms with Gasteiger partial charge in [-0.25, -0.2) is 0 Å². The van der Waals surface area contributed by atoms with Gasteiger partial charge in [-0.15, -0.1) is 0 Å². The molecular formula is C21H20F3N2O3. The molecular weight excluding hydrogens is 385 g/mol. The number of anilines is 1.